The van der Waals surface area contributed by atoms with E-state index in [1.54, 1.807) is 0 Å². The van der Waals surface area contributed by atoms with Gasteiger partial charge in [0, 0.05) is 11.3 Å². The molecule has 0 aromatic heterocycles. The third-order valence-corrected chi connectivity index (χ3v) is 7.45. The molecular weight excluding hydrogens is 436 g/mol. The number of fused-ring (bicyclic) bond motifs is 3. The van der Waals surface area contributed by atoms with E-state index in [0.717, 1.165) is 41.7 Å². The zero-order chi connectivity index (χ0) is 22.9. The van der Waals surface area contributed by atoms with Crippen molar-refractivity contribution >= 4 is 50.3 Å². The Bertz CT molecular complexity index is 1450. The number of nitrogens with zero attached hydrogens (tertiary/aromatic N) is 2. The topological polar surface area (TPSA) is 86.3 Å². The lowest BCUT2D eigenvalue weighted by molar-refractivity contribution is -0.396. The van der Waals surface area contributed by atoms with Crippen molar-refractivity contribution in [2.75, 3.05) is 0 Å². The number of non-ortho nitro benzene ring substituents is 1. The highest BCUT2D eigenvalue weighted by atomic mass is 32.2. The van der Waals surface area contributed by atoms with Crippen LogP contribution in [0.3, 0.4) is 0 Å². The van der Waals surface area contributed by atoms with Gasteiger partial charge in [-0.3, -0.25) is 20.2 Å². The molecule has 0 amide bonds. The maximum Gasteiger partial charge on any atom is 0.289 e. The molecule has 4 aromatic rings. The normalized spacial score (nSPS) is 16.0. The van der Waals surface area contributed by atoms with Crippen molar-refractivity contribution in [3.05, 3.63) is 105 Å². The Morgan fingerprint density at radius 3 is 2.30 bits per heavy atom. The minimum absolute atomic E-state index is 0.0171. The molecule has 5 rings (SSSR count). The summed E-state index contributed by atoms with van der Waals surface area (Å²) in [6.45, 7) is 0. The molecule has 33 heavy (non-hydrogen) atoms. The summed E-state index contributed by atoms with van der Waals surface area (Å²) in [5, 5.41) is 27.5. The van der Waals surface area contributed by atoms with Crippen molar-refractivity contribution in [2.24, 2.45) is 0 Å². The molecule has 7 heteroatoms. The lowest BCUT2D eigenvalue weighted by atomic mass is 9.88. The van der Waals surface area contributed by atoms with Crippen LogP contribution >= 0.6 is 11.8 Å². The molecule has 1 aliphatic carbocycles. The molecule has 1 atom stereocenters. The molecule has 0 N–H and O–H groups in total. The number of hydrogen-bond acceptors (Lipinski definition) is 5. The molecule has 0 saturated heterocycles. The van der Waals surface area contributed by atoms with Crippen LogP contribution in [0.5, 0.6) is 0 Å². The number of thioether (sulfide) groups is 1. The number of nitro benzene ring substituents is 2. The molecule has 0 radical (unpaired) electrons. The fourth-order valence-corrected chi connectivity index (χ4v) is 5.90. The van der Waals surface area contributed by atoms with Gasteiger partial charge in [0.1, 0.15) is 0 Å². The van der Waals surface area contributed by atoms with E-state index in [0.29, 0.717) is 4.90 Å². The van der Waals surface area contributed by atoms with E-state index in [2.05, 4.69) is 36.4 Å². The molecule has 164 valence electrons. The van der Waals surface area contributed by atoms with Crippen LogP contribution in [0.2, 0.25) is 0 Å². The van der Waals surface area contributed by atoms with Crippen LogP contribution in [-0.4, -0.2) is 15.1 Å². The minimum atomic E-state index is -0.603. The summed E-state index contributed by atoms with van der Waals surface area (Å²) in [6.07, 6.45) is 5.07. The Morgan fingerprint density at radius 1 is 0.818 bits per heavy atom. The van der Waals surface area contributed by atoms with Gasteiger partial charge in [-0.05, 0) is 64.1 Å². The molecule has 0 spiro atoms. The van der Waals surface area contributed by atoms with E-state index in [-0.39, 0.29) is 16.6 Å². The van der Waals surface area contributed by atoms with Gasteiger partial charge in [-0.25, -0.2) is 0 Å². The zero-order valence-corrected chi connectivity index (χ0v) is 18.5. The van der Waals surface area contributed by atoms with Gasteiger partial charge in [-0.1, -0.05) is 54.6 Å². The average Bonchev–Trinajstić information content (AvgIpc) is 2.84. The van der Waals surface area contributed by atoms with Crippen molar-refractivity contribution in [3.8, 4) is 0 Å². The Hall–Kier alpha value is -3.71. The summed E-state index contributed by atoms with van der Waals surface area (Å²) >= 11 is 1.42. The summed E-state index contributed by atoms with van der Waals surface area (Å²) < 4.78 is 0. The number of nitro groups is 2. The first-order chi connectivity index (χ1) is 16.0. The molecule has 6 nitrogen and oxygen atoms in total. The van der Waals surface area contributed by atoms with Gasteiger partial charge in [0.05, 0.1) is 20.8 Å². The lowest BCUT2D eigenvalue weighted by Crippen LogP contribution is -2.11. The van der Waals surface area contributed by atoms with Crippen molar-refractivity contribution in [1.82, 2.24) is 0 Å². The Morgan fingerprint density at radius 2 is 1.55 bits per heavy atom. The predicted octanol–water partition coefficient (Wildman–Crippen LogP) is 7.54. The Kier molecular flexibility index (Phi) is 5.56. The van der Waals surface area contributed by atoms with E-state index < -0.39 is 9.85 Å². The third kappa shape index (κ3) is 3.96. The van der Waals surface area contributed by atoms with Crippen LogP contribution in [0, 0.1) is 20.2 Å². The summed E-state index contributed by atoms with van der Waals surface area (Å²) in [5.41, 5.74) is 1.82. The molecule has 1 aliphatic rings. The fourth-order valence-electron chi connectivity index (χ4n) is 4.56. The monoisotopic (exact) mass is 456 g/mol. The summed E-state index contributed by atoms with van der Waals surface area (Å²) in [7, 11) is 0. The van der Waals surface area contributed by atoms with Gasteiger partial charge in [0.2, 0.25) is 0 Å². The number of benzene rings is 4. The Balaban J connectivity index is 1.61. The maximum absolute atomic E-state index is 11.7. The summed E-state index contributed by atoms with van der Waals surface area (Å²) in [4.78, 5) is 22.1. The molecule has 0 heterocycles. The SMILES string of the molecule is O=[N+]([O-])c1ccc(SC2CCCC=C2c2cc3ccccc3c3ccccc23)c([N+](=O)[O-])c1. The summed E-state index contributed by atoms with van der Waals surface area (Å²) in [5.74, 6) is 0. The first kappa shape index (κ1) is 21.2. The predicted molar refractivity (Wildman–Crippen MR) is 133 cm³/mol. The van der Waals surface area contributed by atoms with E-state index in [1.807, 2.05) is 24.3 Å². The van der Waals surface area contributed by atoms with Gasteiger partial charge in [-0.15, -0.1) is 11.8 Å². The quantitative estimate of drug-likeness (QED) is 0.176. The molecule has 1 unspecified atom stereocenters. The molecule has 0 bridgehead atoms. The van der Waals surface area contributed by atoms with Crippen molar-refractivity contribution in [1.29, 1.82) is 0 Å². The standard InChI is InChI=1S/C26H20N2O4S/c29-27(30)18-13-14-26(24(16-18)28(31)32)33-25-12-6-5-11-22(25)23-15-17-7-1-2-8-19(17)20-9-3-4-10-21(20)23/h1-4,7-11,13-16,25H,5-6,12H2. The van der Waals surface area contributed by atoms with Crippen molar-refractivity contribution in [2.45, 2.75) is 29.4 Å². The van der Waals surface area contributed by atoms with E-state index in [4.69, 9.17) is 0 Å². The summed E-state index contributed by atoms with van der Waals surface area (Å²) in [6, 6.07) is 22.8. The Labute approximate surface area is 194 Å². The van der Waals surface area contributed by atoms with E-state index in [9.17, 15) is 20.2 Å². The second kappa shape index (κ2) is 8.67. The van der Waals surface area contributed by atoms with Crippen LogP contribution in [0.1, 0.15) is 24.8 Å². The molecule has 0 aliphatic heterocycles. The van der Waals surface area contributed by atoms with Crippen molar-refractivity contribution in [3.63, 3.8) is 0 Å². The van der Waals surface area contributed by atoms with Gasteiger partial charge < -0.3 is 0 Å². The smallest absolute Gasteiger partial charge is 0.258 e. The van der Waals surface area contributed by atoms with Crippen LogP contribution in [0.4, 0.5) is 11.4 Å². The van der Waals surface area contributed by atoms with Crippen molar-refractivity contribution < 1.29 is 9.85 Å². The number of hydrogen-bond donors (Lipinski definition) is 0. The molecule has 0 saturated carbocycles. The van der Waals surface area contributed by atoms with Gasteiger partial charge in [0.25, 0.3) is 11.4 Å². The third-order valence-electron chi connectivity index (χ3n) is 6.08. The average molecular weight is 457 g/mol. The van der Waals surface area contributed by atoms with Gasteiger partial charge in [-0.2, -0.15) is 0 Å². The molecule has 4 aromatic carbocycles. The van der Waals surface area contributed by atoms with Gasteiger partial charge in [0.15, 0.2) is 0 Å². The van der Waals surface area contributed by atoms with Crippen LogP contribution < -0.4 is 0 Å². The highest BCUT2D eigenvalue weighted by molar-refractivity contribution is 8.00. The first-order valence-corrected chi connectivity index (χ1v) is 11.6. The van der Waals surface area contributed by atoms with E-state index >= 15 is 0 Å². The highest BCUT2D eigenvalue weighted by Crippen LogP contribution is 2.45. The molecular formula is C26H20N2O4S. The number of rotatable bonds is 5. The van der Waals surface area contributed by atoms with E-state index in [1.165, 1.54) is 40.2 Å². The van der Waals surface area contributed by atoms with Gasteiger partial charge >= 0.3 is 0 Å². The highest BCUT2D eigenvalue weighted by Gasteiger charge is 2.27. The van der Waals surface area contributed by atoms with Crippen LogP contribution in [0.25, 0.3) is 27.1 Å². The first-order valence-electron chi connectivity index (χ1n) is 10.7. The second-order valence-electron chi connectivity index (χ2n) is 8.05. The minimum Gasteiger partial charge on any atom is -0.258 e. The van der Waals surface area contributed by atoms with Crippen LogP contribution in [0.15, 0.2) is 83.8 Å². The largest absolute Gasteiger partial charge is 0.289 e. The second-order valence-corrected chi connectivity index (χ2v) is 9.30. The zero-order valence-electron chi connectivity index (χ0n) is 17.6. The van der Waals surface area contributed by atoms with Crippen LogP contribution in [-0.2, 0) is 0 Å². The fraction of sp³-hybridized carbons (Fsp3) is 0.154. The molecule has 0 fully saturated rings. The lowest BCUT2D eigenvalue weighted by Gasteiger charge is -2.25. The number of allylic oxidation sites excluding steroid dienone is 1. The maximum atomic E-state index is 11.7.